The van der Waals surface area contributed by atoms with Crippen LogP contribution >= 0.6 is 11.3 Å². The zero-order valence-corrected chi connectivity index (χ0v) is 12.4. The third kappa shape index (κ3) is 2.70. The Morgan fingerprint density at radius 1 is 1.24 bits per heavy atom. The Labute approximate surface area is 126 Å². The van der Waals surface area contributed by atoms with Crippen LogP contribution in [-0.2, 0) is 0 Å². The lowest BCUT2D eigenvalue weighted by Gasteiger charge is -2.20. The van der Waals surface area contributed by atoms with Crippen LogP contribution in [0.1, 0.15) is 18.6 Å². The molecule has 1 amide bonds. The van der Waals surface area contributed by atoms with Gasteiger partial charge in [-0.05, 0) is 30.0 Å². The number of aliphatic hydroxyl groups excluding tert-OH is 1. The van der Waals surface area contributed by atoms with Crippen molar-refractivity contribution < 1.29 is 9.90 Å². The number of fused-ring (bicyclic) bond motifs is 1. The average Bonchev–Trinajstić information content (AvgIpc) is 3.09. The van der Waals surface area contributed by atoms with Gasteiger partial charge in [0.1, 0.15) is 0 Å². The summed E-state index contributed by atoms with van der Waals surface area (Å²) >= 11 is 1.60. The van der Waals surface area contributed by atoms with Crippen LogP contribution < -0.4 is 5.32 Å². The molecule has 0 spiro atoms. The topological polar surface area (TPSA) is 54.3 Å². The monoisotopic (exact) mass is 300 g/mol. The summed E-state index contributed by atoms with van der Waals surface area (Å²) in [6.45, 7) is 1.80. The largest absolute Gasteiger partial charge is 0.386 e. The van der Waals surface area contributed by atoms with Gasteiger partial charge in [0, 0.05) is 6.20 Å². The first-order chi connectivity index (χ1) is 10.2. The van der Waals surface area contributed by atoms with Crippen LogP contribution in [0.2, 0.25) is 0 Å². The lowest BCUT2D eigenvalue weighted by Crippen LogP contribution is -2.39. The lowest BCUT2D eigenvalue weighted by atomic mass is 10.0. The van der Waals surface area contributed by atoms with Crippen LogP contribution in [0.4, 0.5) is 4.79 Å². The molecule has 1 unspecified atom stereocenters. The van der Waals surface area contributed by atoms with Crippen LogP contribution in [-0.4, -0.2) is 21.7 Å². The van der Waals surface area contributed by atoms with Crippen molar-refractivity contribution in [2.45, 2.75) is 19.1 Å². The van der Waals surface area contributed by atoms with E-state index in [1.165, 1.54) is 0 Å². The lowest BCUT2D eigenvalue weighted by molar-refractivity contribution is 0.138. The van der Waals surface area contributed by atoms with Gasteiger partial charge in [0.05, 0.1) is 22.4 Å². The van der Waals surface area contributed by atoms with Gasteiger partial charge in [-0.3, -0.25) is 4.57 Å². The van der Waals surface area contributed by atoms with Crippen molar-refractivity contribution in [1.29, 1.82) is 0 Å². The highest BCUT2D eigenvalue weighted by atomic mass is 32.1. The van der Waals surface area contributed by atoms with Gasteiger partial charge in [-0.2, -0.15) is 0 Å². The molecule has 3 rings (SSSR count). The standard InChI is InChI=1S/C16H16N2O2S/c1-11(15(19)12-5-3-2-4-6-12)17-16(20)18-9-7-14-13(18)8-10-21-14/h2-11,15,19H,1H3,(H,17,20)/t11?,15-/m0/s1. The second-order valence-electron chi connectivity index (χ2n) is 4.95. The highest BCUT2D eigenvalue weighted by molar-refractivity contribution is 7.17. The molecule has 0 saturated carbocycles. The molecular formula is C16H16N2O2S. The smallest absolute Gasteiger partial charge is 0.326 e. The Bertz CT molecular complexity index is 748. The summed E-state index contributed by atoms with van der Waals surface area (Å²) in [5.41, 5.74) is 1.68. The van der Waals surface area contributed by atoms with E-state index in [-0.39, 0.29) is 12.1 Å². The molecule has 2 atom stereocenters. The molecule has 4 nitrogen and oxygen atoms in total. The average molecular weight is 300 g/mol. The van der Waals surface area contributed by atoms with Gasteiger partial charge in [0.15, 0.2) is 0 Å². The molecule has 2 N–H and O–H groups in total. The highest BCUT2D eigenvalue weighted by Gasteiger charge is 2.19. The fourth-order valence-corrected chi connectivity index (χ4v) is 3.09. The summed E-state index contributed by atoms with van der Waals surface area (Å²) in [6.07, 6.45) is 1.02. The summed E-state index contributed by atoms with van der Waals surface area (Å²) < 4.78 is 2.64. The number of nitrogens with one attached hydrogen (secondary N) is 1. The van der Waals surface area contributed by atoms with Crippen molar-refractivity contribution >= 4 is 27.6 Å². The van der Waals surface area contributed by atoms with E-state index in [4.69, 9.17) is 0 Å². The number of carbonyl (C=O) groups excluding carboxylic acids is 1. The first-order valence-electron chi connectivity index (χ1n) is 6.75. The molecule has 0 aliphatic rings. The van der Waals surface area contributed by atoms with Crippen LogP contribution in [0.25, 0.3) is 10.2 Å². The van der Waals surface area contributed by atoms with Gasteiger partial charge < -0.3 is 10.4 Å². The molecule has 0 radical (unpaired) electrons. The zero-order chi connectivity index (χ0) is 14.8. The summed E-state index contributed by atoms with van der Waals surface area (Å²) in [5.74, 6) is 0. The number of thiophene rings is 1. The van der Waals surface area contributed by atoms with E-state index in [1.54, 1.807) is 29.0 Å². The summed E-state index contributed by atoms with van der Waals surface area (Å²) in [7, 11) is 0. The maximum Gasteiger partial charge on any atom is 0.326 e. The highest BCUT2D eigenvalue weighted by Crippen LogP contribution is 2.22. The number of amides is 1. The second-order valence-corrected chi connectivity index (χ2v) is 5.90. The van der Waals surface area contributed by atoms with Crippen molar-refractivity contribution in [3.05, 3.63) is 59.6 Å². The molecule has 2 aromatic heterocycles. The number of hydrogen-bond donors (Lipinski definition) is 2. The van der Waals surface area contributed by atoms with E-state index in [0.29, 0.717) is 0 Å². The zero-order valence-electron chi connectivity index (χ0n) is 11.6. The predicted octanol–water partition coefficient (Wildman–Crippen LogP) is 3.38. The van der Waals surface area contributed by atoms with E-state index in [1.807, 2.05) is 47.8 Å². The Kier molecular flexibility index (Phi) is 3.77. The molecule has 3 aromatic rings. The third-order valence-electron chi connectivity index (χ3n) is 3.49. The van der Waals surface area contributed by atoms with E-state index in [2.05, 4.69) is 5.32 Å². The van der Waals surface area contributed by atoms with Gasteiger partial charge in [-0.15, -0.1) is 11.3 Å². The fraction of sp³-hybridized carbons (Fsp3) is 0.188. The molecule has 2 heterocycles. The normalized spacial score (nSPS) is 14.0. The fourth-order valence-electron chi connectivity index (χ4n) is 2.32. The maximum atomic E-state index is 12.3. The number of hydrogen-bond acceptors (Lipinski definition) is 3. The molecule has 0 fully saturated rings. The quantitative estimate of drug-likeness (QED) is 0.779. The van der Waals surface area contributed by atoms with Gasteiger partial charge >= 0.3 is 6.03 Å². The Hall–Kier alpha value is -2.11. The molecule has 5 heteroatoms. The summed E-state index contributed by atoms with van der Waals surface area (Å²) in [5, 5.41) is 15.1. The van der Waals surface area contributed by atoms with Crippen molar-refractivity contribution in [3.8, 4) is 0 Å². The van der Waals surface area contributed by atoms with Crippen molar-refractivity contribution in [2.24, 2.45) is 0 Å². The van der Waals surface area contributed by atoms with E-state index in [0.717, 1.165) is 15.8 Å². The molecule has 0 bridgehead atoms. The van der Waals surface area contributed by atoms with Crippen LogP contribution in [0, 0.1) is 0 Å². The van der Waals surface area contributed by atoms with E-state index >= 15 is 0 Å². The SMILES string of the molecule is CC(NC(=O)n1ccc2sccc21)[C@H](O)c1ccccc1. The number of rotatable bonds is 3. The summed E-state index contributed by atoms with van der Waals surface area (Å²) in [6, 6.07) is 12.5. The van der Waals surface area contributed by atoms with Crippen molar-refractivity contribution in [1.82, 2.24) is 9.88 Å². The van der Waals surface area contributed by atoms with Crippen molar-refractivity contribution in [3.63, 3.8) is 0 Å². The summed E-state index contributed by atoms with van der Waals surface area (Å²) in [4.78, 5) is 12.3. The Balaban J connectivity index is 1.74. The predicted molar refractivity (Wildman–Crippen MR) is 84.6 cm³/mol. The van der Waals surface area contributed by atoms with Gasteiger partial charge in [0.25, 0.3) is 0 Å². The minimum absolute atomic E-state index is 0.231. The van der Waals surface area contributed by atoms with Gasteiger partial charge in [0.2, 0.25) is 0 Å². The molecular weight excluding hydrogens is 284 g/mol. The van der Waals surface area contributed by atoms with Crippen molar-refractivity contribution in [2.75, 3.05) is 0 Å². The first kappa shape index (κ1) is 13.9. The Morgan fingerprint density at radius 3 is 2.76 bits per heavy atom. The van der Waals surface area contributed by atoms with Gasteiger partial charge in [-0.25, -0.2) is 4.79 Å². The molecule has 0 saturated heterocycles. The minimum Gasteiger partial charge on any atom is -0.386 e. The first-order valence-corrected chi connectivity index (χ1v) is 7.63. The third-order valence-corrected chi connectivity index (χ3v) is 4.36. The molecule has 0 aliphatic carbocycles. The van der Waals surface area contributed by atoms with Crippen LogP contribution in [0.5, 0.6) is 0 Å². The molecule has 1 aromatic carbocycles. The number of aromatic nitrogens is 1. The number of aliphatic hydroxyl groups is 1. The molecule has 21 heavy (non-hydrogen) atoms. The molecule has 108 valence electrons. The maximum absolute atomic E-state index is 12.3. The molecule has 0 aliphatic heterocycles. The minimum atomic E-state index is -0.733. The van der Waals surface area contributed by atoms with Crippen LogP contribution in [0.3, 0.4) is 0 Å². The number of carbonyl (C=O) groups is 1. The van der Waals surface area contributed by atoms with E-state index in [9.17, 15) is 9.90 Å². The second kappa shape index (κ2) is 5.71. The van der Waals surface area contributed by atoms with Gasteiger partial charge in [-0.1, -0.05) is 30.3 Å². The van der Waals surface area contributed by atoms with E-state index < -0.39 is 6.10 Å². The number of nitrogens with zero attached hydrogens (tertiary/aromatic N) is 1. The van der Waals surface area contributed by atoms with Crippen LogP contribution in [0.15, 0.2) is 54.0 Å². The number of benzene rings is 1. The Morgan fingerprint density at radius 2 is 2.00 bits per heavy atom.